The zero-order valence-corrected chi connectivity index (χ0v) is 19.9. The lowest BCUT2D eigenvalue weighted by molar-refractivity contribution is -0.114. The fourth-order valence-corrected chi connectivity index (χ4v) is 6.00. The van der Waals surface area contributed by atoms with Gasteiger partial charge in [-0.3, -0.25) is 9.59 Å². The standard InChI is InChI=1S/C24H23N5O5S/c1-14-22-19(24(31)26-17-7-5-16(6-8-17)25-15(2)30)12-20(21-4-3-10-34-21)27-23(22)29(28-14)18-9-11-35(32,33)13-18/h3-8,10,12,18H,9,11,13H2,1-2H3,(H,25,30)(H,26,31)/t18-/m0/s1. The van der Waals surface area contributed by atoms with Gasteiger partial charge in [0.05, 0.1) is 40.5 Å². The second kappa shape index (κ2) is 8.66. The molecule has 0 radical (unpaired) electrons. The second-order valence-electron chi connectivity index (χ2n) is 8.53. The van der Waals surface area contributed by atoms with E-state index in [9.17, 15) is 18.0 Å². The van der Waals surface area contributed by atoms with Crippen molar-refractivity contribution in [3.63, 3.8) is 0 Å². The number of amides is 2. The number of furan rings is 1. The van der Waals surface area contributed by atoms with Crippen LogP contribution < -0.4 is 10.6 Å². The Kier molecular flexibility index (Phi) is 5.64. The number of sulfone groups is 1. The van der Waals surface area contributed by atoms with Gasteiger partial charge in [0.2, 0.25) is 5.91 Å². The topological polar surface area (TPSA) is 136 Å². The van der Waals surface area contributed by atoms with Gasteiger partial charge < -0.3 is 15.1 Å². The van der Waals surface area contributed by atoms with E-state index in [0.717, 1.165) is 0 Å². The smallest absolute Gasteiger partial charge is 0.256 e. The molecular formula is C24H23N5O5S. The van der Waals surface area contributed by atoms with Crippen LogP contribution in [-0.2, 0) is 14.6 Å². The minimum atomic E-state index is -3.15. The molecule has 5 rings (SSSR count). The second-order valence-corrected chi connectivity index (χ2v) is 10.8. The summed E-state index contributed by atoms with van der Waals surface area (Å²) in [5, 5.41) is 10.7. The molecular weight excluding hydrogens is 470 g/mol. The number of nitrogens with one attached hydrogen (secondary N) is 2. The molecule has 35 heavy (non-hydrogen) atoms. The van der Waals surface area contributed by atoms with Crippen LogP contribution >= 0.6 is 0 Å². The van der Waals surface area contributed by atoms with E-state index in [1.165, 1.54) is 13.2 Å². The van der Waals surface area contributed by atoms with Crippen molar-refractivity contribution in [2.45, 2.75) is 26.3 Å². The Balaban J connectivity index is 1.57. The maximum Gasteiger partial charge on any atom is 0.256 e. The lowest BCUT2D eigenvalue weighted by Gasteiger charge is -2.12. The average molecular weight is 494 g/mol. The lowest BCUT2D eigenvalue weighted by atomic mass is 10.1. The first-order valence-corrected chi connectivity index (χ1v) is 12.9. The van der Waals surface area contributed by atoms with E-state index in [0.29, 0.717) is 51.5 Å². The number of fused-ring (bicyclic) bond motifs is 1. The third kappa shape index (κ3) is 4.54. The van der Waals surface area contributed by atoms with Gasteiger partial charge in [-0.15, -0.1) is 0 Å². The van der Waals surface area contributed by atoms with Crippen LogP contribution in [0.4, 0.5) is 11.4 Å². The summed E-state index contributed by atoms with van der Waals surface area (Å²) in [6.45, 7) is 3.19. The summed E-state index contributed by atoms with van der Waals surface area (Å²) in [5.74, 6) is -0.00581. The van der Waals surface area contributed by atoms with Crippen LogP contribution in [0, 0.1) is 6.92 Å². The number of nitrogens with zero attached hydrogens (tertiary/aromatic N) is 3. The summed E-state index contributed by atoms with van der Waals surface area (Å²) < 4.78 is 31.4. The quantitative estimate of drug-likeness (QED) is 0.434. The number of rotatable bonds is 5. The summed E-state index contributed by atoms with van der Waals surface area (Å²) in [7, 11) is -3.15. The van der Waals surface area contributed by atoms with E-state index >= 15 is 0 Å². The molecule has 1 aliphatic heterocycles. The van der Waals surface area contributed by atoms with Crippen molar-refractivity contribution in [1.82, 2.24) is 14.8 Å². The number of carbonyl (C=O) groups excluding carboxylic acids is 2. The highest BCUT2D eigenvalue weighted by atomic mass is 32.2. The summed E-state index contributed by atoms with van der Waals surface area (Å²) in [4.78, 5) is 29.4. The maximum atomic E-state index is 13.4. The summed E-state index contributed by atoms with van der Waals surface area (Å²) in [6, 6.07) is 11.5. The highest BCUT2D eigenvalue weighted by Gasteiger charge is 2.32. The van der Waals surface area contributed by atoms with Crippen LogP contribution in [0.5, 0.6) is 0 Å². The average Bonchev–Trinajstić information content (AvgIpc) is 3.53. The fourth-order valence-electron chi connectivity index (χ4n) is 4.30. The number of hydrogen-bond acceptors (Lipinski definition) is 7. The van der Waals surface area contributed by atoms with Gasteiger partial charge in [0.15, 0.2) is 21.2 Å². The van der Waals surface area contributed by atoms with E-state index in [1.54, 1.807) is 54.1 Å². The largest absolute Gasteiger partial charge is 0.463 e. The van der Waals surface area contributed by atoms with Crippen LogP contribution in [0.3, 0.4) is 0 Å². The summed E-state index contributed by atoms with van der Waals surface area (Å²) >= 11 is 0. The normalized spacial score (nSPS) is 16.9. The molecule has 1 aromatic carbocycles. The van der Waals surface area contributed by atoms with Crippen LogP contribution in [0.15, 0.2) is 53.1 Å². The molecule has 10 nitrogen and oxygen atoms in total. The molecule has 4 aromatic rings. The molecule has 1 fully saturated rings. The molecule has 180 valence electrons. The first kappa shape index (κ1) is 22.8. The molecule has 0 unspecified atom stereocenters. The predicted octanol–water partition coefficient (Wildman–Crippen LogP) is 3.57. The van der Waals surface area contributed by atoms with Crippen molar-refractivity contribution in [3.05, 3.63) is 60.0 Å². The maximum absolute atomic E-state index is 13.4. The van der Waals surface area contributed by atoms with Crippen molar-refractivity contribution in [3.8, 4) is 11.5 Å². The molecule has 0 saturated carbocycles. The van der Waals surface area contributed by atoms with Gasteiger partial charge in [-0.2, -0.15) is 5.10 Å². The number of aromatic nitrogens is 3. The molecule has 1 atom stereocenters. The molecule has 1 saturated heterocycles. The Bertz CT molecular complexity index is 1540. The number of pyridine rings is 1. The monoisotopic (exact) mass is 493 g/mol. The van der Waals surface area contributed by atoms with Gasteiger partial charge in [0.25, 0.3) is 5.91 Å². The van der Waals surface area contributed by atoms with Gasteiger partial charge in [-0.1, -0.05) is 0 Å². The SMILES string of the molecule is CC(=O)Nc1ccc(NC(=O)c2cc(-c3ccco3)nc3c2c(C)nn3[C@H]2CCS(=O)(=O)C2)cc1. The van der Waals surface area contributed by atoms with Gasteiger partial charge >= 0.3 is 0 Å². The highest BCUT2D eigenvalue weighted by Crippen LogP contribution is 2.32. The summed E-state index contributed by atoms with van der Waals surface area (Å²) in [5.41, 5.74) is 2.96. The van der Waals surface area contributed by atoms with Crippen molar-refractivity contribution >= 4 is 44.1 Å². The van der Waals surface area contributed by atoms with Gasteiger partial charge in [-0.05, 0) is 55.8 Å². The van der Waals surface area contributed by atoms with Crippen LogP contribution in [0.1, 0.15) is 35.4 Å². The van der Waals surface area contributed by atoms with Crippen molar-refractivity contribution in [1.29, 1.82) is 0 Å². The van der Waals surface area contributed by atoms with Crippen molar-refractivity contribution in [2.75, 3.05) is 22.1 Å². The Hall–Kier alpha value is -3.99. The first-order valence-electron chi connectivity index (χ1n) is 11.0. The molecule has 0 spiro atoms. The first-order chi connectivity index (χ1) is 16.7. The van der Waals surface area contributed by atoms with Gasteiger partial charge in [-0.25, -0.2) is 18.1 Å². The van der Waals surface area contributed by atoms with Gasteiger partial charge in [0.1, 0.15) is 5.69 Å². The molecule has 2 N–H and O–H groups in total. The van der Waals surface area contributed by atoms with E-state index in [2.05, 4.69) is 15.7 Å². The number of carbonyl (C=O) groups is 2. The number of anilines is 2. The van der Waals surface area contributed by atoms with Gasteiger partial charge in [0, 0.05) is 18.3 Å². The van der Waals surface area contributed by atoms with E-state index in [1.807, 2.05) is 0 Å². The van der Waals surface area contributed by atoms with Crippen molar-refractivity contribution < 1.29 is 22.4 Å². The molecule has 4 heterocycles. The third-order valence-electron chi connectivity index (χ3n) is 5.87. The predicted molar refractivity (Wildman–Crippen MR) is 131 cm³/mol. The highest BCUT2D eigenvalue weighted by molar-refractivity contribution is 7.91. The zero-order valence-electron chi connectivity index (χ0n) is 19.1. The molecule has 0 aliphatic carbocycles. The Morgan fingerprint density at radius 1 is 1.11 bits per heavy atom. The molecule has 2 amide bonds. The minimum Gasteiger partial charge on any atom is -0.463 e. The zero-order chi connectivity index (χ0) is 24.7. The molecule has 11 heteroatoms. The van der Waals surface area contributed by atoms with Crippen molar-refractivity contribution in [2.24, 2.45) is 0 Å². The Labute approximate surface area is 201 Å². The molecule has 0 bridgehead atoms. The lowest BCUT2D eigenvalue weighted by Crippen LogP contribution is -2.15. The van der Waals surface area contributed by atoms with E-state index < -0.39 is 9.84 Å². The van der Waals surface area contributed by atoms with Crippen LogP contribution in [0.25, 0.3) is 22.5 Å². The number of hydrogen-bond donors (Lipinski definition) is 2. The van der Waals surface area contributed by atoms with E-state index in [-0.39, 0.29) is 29.4 Å². The Morgan fingerprint density at radius 3 is 2.43 bits per heavy atom. The minimum absolute atomic E-state index is 0.0158. The number of benzene rings is 1. The third-order valence-corrected chi connectivity index (χ3v) is 7.62. The number of aryl methyl sites for hydroxylation is 1. The Morgan fingerprint density at radius 2 is 1.83 bits per heavy atom. The van der Waals surface area contributed by atoms with Crippen LogP contribution in [-0.4, -0.2) is 46.5 Å². The molecule has 1 aliphatic rings. The molecule has 3 aromatic heterocycles. The summed E-state index contributed by atoms with van der Waals surface area (Å²) in [6.07, 6.45) is 1.96. The van der Waals surface area contributed by atoms with Crippen LogP contribution in [0.2, 0.25) is 0 Å². The fraction of sp³-hybridized carbons (Fsp3) is 0.250. The van der Waals surface area contributed by atoms with E-state index in [4.69, 9.17) is 9.40 Å².